The lowest BCUT2D eigenvalue weighted by Gasteiger charge is -2.10. The van der Waals surface area contributed by atoms with Crippen molar-refractivity contribution in [2.45, 2.75) is 39.8 Å². The smallest absolute Gasteiger partial charge is 0.307 e. The lowest BCUT2D eigenvalue weighted by atomic mass is 10.2. The van der Waals surface area contributed by atoms with Crippen molar-refractivity contribution >= 4 is 5.97 Å². The summed E-state index contributed by atoms with van der Waals surface area (Å²) in [4.78, 5) is 11.1. The van der Waals surface area contributed by atoms with Crippen molar-refractivity contribution in [2.24, 2.45) is 0 Å². The molecule has 0 spiro atoms. The van der Waals surface area contributed by atoms with E-state index in [1.807, 2.05) is 45.0 Å². The van der Waals surface area contributed by atoms with Gasteiger partial charge < -0.3 is 14.8 Å². The fourth-order valence-corrected chi connectivity index (χ4v) is 1.61. The summed E-state index contributed by atoms with van der Waals surface area (Å²) in [5.74, 6) is 0.723. The Labute approximate surface area is 115 Å². The molecule has 0 aliphatic rings. The quantitative estimate of drug-likeness (QED) is 0.579. The van der Waals surface area contributed by atoms with Gasteiger partial charge in [-0.15, -0.1) is 0 Å². The summed E-state index contributed by atoms with van der Waals surface area (Å²) >= 11 is 0. The van der Waals surface area contributed by atoms with Crippen LogP contribution in [0.5, 0.6) is 5.75 Å². The minimum atomic E-state index is -0.157. The average Bonchev–Trinajstić information content (AvgIpc) is 2.36. The molecule has 1 aromatic rings. The van der Waals surface area contributed by atoms with E-state index in [0.29, 0.717) is 19.6 Å². The minimum absolute atomic E-state index is 0.157. The molecule has 0 bridgehead atoms. The molecular weight excluding hydrogens is 242 g/mol. The number of carbonyl (C=O) groups is 1. The van der Waals surface area contributed by atoms with E-state index < -0.39 is 0 Å². The first-order chi connectivity index (χ1) is 9.11. The second kappa shape index (κ2) is 8.53. The SMILES string of the molecule is CCOC(=O)CCNCc1ccc(OC(C)C)cc1. The number of rotatable bonds is 8. The average molecular weight is 265 g/mol. The van der Waals surface area contributed by atoms with Crippen LogP contribution in [0.2, 0.25) is 0 Å². The summed E-state index contributed by atoms with van der Waals surface area (Å²) in [7, 11) is 0. The fourth-order valence-electron chi connectivity index (χ4n) is 1.61. The number of esters is 1. The maximum absolute atomic E-state index is 11.1. The number of carbonyl (C=O) groups excluding carboxylic acids is 1. The highest BCUT2D eigenvalue weighted by Crippen LogP contribution is 2.13. The van der Waals surface area contributed by atoms with Crippen LogP contribution in [-0.2, 0) is 16.1 Å². The van der Waals surface area contributed by atoms with Crippen LogP contribution in [0.3, 0.4) is 0 Å². The summed E-state index contributed by atoms with van der Waals surface area (Å²) in [6.07, 6.45) is 0.594. The van der Waals surface area contributed by atoms with Crippen LogP contribution in [0.1, 0.15) is 32.8 Å². The molecule has 0 unspecified atom stereocenters. The molecule has 4 nitrogen and oxygen atoms in total. The lowest BCUT2D eigenvalue weighted by molar-refractivity contribution is -0.142. The molecule has 4 heteroatoms. The summed E-state index contributed by atoms with van der Waals surface area (Å²) in [5, 5.41) is 3.21. The zero-order valence-electron chi connectivity index (χ0n) is 11.9. The standard InChI is InChI=1S/C15H23NO3/c1-4-18-15(17)9-10-16-11-13-5-7-14(8-6-13)19-12(2)3/h5-8,12,16H,4,9-11H2,1-3H3. The molecule has 1 rings (SSSR count). The van der Waals surface area contributed by atoms with E-state index >= 15 is 0 Å². The highest BCUT2D eigenvalue weighted by Gasteiger charge is 2.01. The van der Waals surface area contributed by atoms with Gasteiger partial charge in [0.1, 0.15) is 5.75 Å². The Balaban J connectivity index is 2.24. The third kappa shape index (κ3) is 6.82. The summed E-state index contributed by atoms with van der Waals surface area (Å²) < 4.78 is 10.4. The maximum Gasteiger partial charge on any atom is 0.307 e. The van der Waals surface area contributed by atoms with Gasteiger partial charge in [-0.2, -0.15) is 0 Å². The zero-order valence-corrected chi connectivity index (χ0v) is 11.9. The Morgan fingerprint density at radius 1 is 1.26 bits per heavy atom. The van der Waals surface area contributed by atoms with Crippen molar-refractivity contribution in [3.8, 4) is 5.75 Å². The van der Waals surface area contributed by atoms with Crippen molar-refractivity contribution in [3.63, 3.8) is 0 Å². The van der Waals surface area contributed by atoms with E-state index in [-0.39, 0.29) is 12.1 Å². The van der Waals surface area contributed by atoms with Crippen molar-refractivity contribution in [1.82, 2.24) is 5.32 Å². The van der Waals surface area contributed by atoms with Gasteiger partial charge in [-0.3, -0.25) is 4.79 Å². The number of hydrogen-bond donors (Lipinski definition) is 1. The van der Waals surface area contributed by atoms with E-state index in [1.54, 1.807) is 0 Å². The first-order valence-electron chi connectivity index (χ1n) is 6.73. The molecule has 0 amide bonds. The van der Waals surface area contributed by atoms with Crippen LogP contribution in [-0.4, -0.2) is 25.2 Å². The summed E-state index contributed by atoms with van der Waals surface area (Å²) in [6.45, 7) is 7.63. The van der Waals surface area contributed by atoms with Gasteiger partial charge in [0.2, 0.25) is 0 Å². The van der Waals surface area contributed by atoms with Gasteiger partial charge in [0, 0.05) is 13.1 Å². The highest BCUT2D eigenvalue weighted by atomic mass is 16.5. The summed E-state index contributed by atoms with van der Waals surface area (Å²) in [6, 6.07) is 7.97. The number of benzene rings is 1. The van der Waals surface area contributed by atoms with Crippen LogP contribution in [0.15, 0.2) is 24.3 Å². The van der Waals surface area contributed by atoms with Gasteiger partial charge in [-0.1, -0.05) is 12.1 Å². The Hall–Kier alpha value is -1.55. The van der Waals surface area contributed by atoms with Gasteiger partial charge in [-0.25, -0.2) is 0 Å². The van der Waals surface area contributed by atoms with Crippen molar-refractivity contribution in [3.05, 3.63) is 29.8 Å². The Morgan fingerprint density at radius 3 is 2.53 bits per heavy atom. The second-order valence-electron chi connectivity index (χ2n) is 4.54. The van der Waals surface area contributed by atoms with Crippen LogP contribution >= 0.6 is 0 Å². The highest BCUT2D eigenvalue weighted by molar-refractivity contribution is 5.69. The number of nitrogens with one attached hydrogen (secondary N) is 1. The van der Waals surface area contributed by atoms with E-state index in [9.17, 15) is 4.79 Å². The molecule has 1 aromatic carbocycles. The first-order valence-corrected chi connectivity index (χ1v) is 6.73. The molecule has 1 N–H and O–H groups in total. The molecule has 0 saturated heterocycles. The molecule has 0 aliphatic carbocycles. The van der Waals surface area contributed by atoms with Crippen LogP contribution in [0.25, 0.3) is 0 Å². The number of ether oxygens (including phenoxy) is 2. The predicted molar refractivity (Wildman–Crippen MR) is 75.2 cm³/mol. The number of hydrogen-bond acceptors (Lipinski definition) is 4. The molecule has 0 heterocycles. The van der Waals surface area contributed by atoms with Gasteiger partial charge in [-0.05, 0) is 38.5 Å². The minimum Gasteiger partial charge on any atom is -0.491 e. The fraction of sp³-hybridized carbons (Fsp3) is 0.533. The molecule has 0 radical (unpaired) electrons. The Morgan fingerprint density at radius 2 is 1.95 bits per heavy atom. The van der Waals surface area contributed by atoms with Crippen LogP contribution in [0.4, 0.5) is 0 Å². The van der Waals surface area contributed by atoms with E-state index in [0.717, 1.165) is 12.3 Å². The van der Waals surface area contributed by atoms with Crippen molar-refractivity contribution in [1.29, 1.82) is 0 Å². The molecule has 19 heavy (non-hydrogen) atoms. The van der Waals surface area contributed by atoms with Crippen molar-refractivity contribution < 1.29 is 14.3 Å². The van der Waals surface area contributed by atoms with Crippen LogP contribution < -0.4 is 10.1 Å². The van der Waals surface area contributed by atoms with E-state index in [2.05, 4.69) is 5.32 Å². The maximum atomic E-state index is 11.1. The molecule has 0 atom stereocenters. The topological polar surface area (TPSA) is 47.6 Å². The third-order valence-electron chi connectivity index (χ3n) is 2.44. The molecule has 0 aliphatic heterocycles. The molecule has 0 saturated carbocycles. The zero-order chi connectivity index (χ0) is 14.1. The molecule has 0 aromatic heterocycles. The van der Waals surface area contributed by atoms with Gasteiger partial charge in [0.05, 0.1) is 19.1 Å². The van der Waals surface area contributed by atoms with E-state index in [4.69, 9.17) is 9.47 Å². The summed E-state index contributed by atoms with van der Waals surface area (Å²) in [5.41, 5.74) is 1.17. The largest absolute Gasteiger partial charge is 0.491 e. The second-order valence-corrected chi connectivity index (χ2v) is 4.54. The van der Waals surface area contributed by atoms with Gasteiger partial charge >= 0.3 is 5.97 Å². The molecule has 0 fully saturated rings. The lowest BCUT2D eigenvalue weighted by Crippen LogP contribution is -2.19. The third-order valence-corrected chi connectivity index (χ3v) is 2.44. The monoisotopic (exact) mass is 265 g/mol. The Bertz CT molecular complexity index is 373. The molecule has 106 valence electrons. The van der Waals surface area contributed by atoms with E-state index in [1.165, 1.54) is 5.56 Å². The van der Waals surface area contributed by atoms with Gasteiger partial charge in [0.25, 0.3) is 0 Å². The van der Waals surface area contributed by atoms with Gasteiger partial charge in [0.15, 0.2) is 0 Å². The first kappa shape index (κ1) is 15.5. The Kier molecular flexibility index (Phi) is 6.97. The van der Waals surface area contributed by atoms with Crippen LogP contribution in [0, 0.1) is 0 Å². The predicted octanol–water partition coefficient (Wildman–Crippen LogP) is 2.52. The normalized spacial score (nSPS) is 10.5. The van der Waals surface area contributed by atoms with Crippen molar-refractivity contribution in [2.75, 3.05) is 13.2 Å². The molecular formula is C15H23NO3.